The number of hydrogen-bond donors (Lipinski definition) is 0. The van der Waals surface area contributed by atoms with Gasteiger partial charge in [0, 0.05) is 0 Å². The van der Waals surface area contributed by atoms with Crippen molar-refractivity contribution in [1.29, 1.82) is 0 Å². The van der Waals surface area contributed by atoms with Crippen LogP contribution in [0, 0.1) is 0 Å². The maximum absolute atomic E-state index is 4.39. The summed E-state index contributed by atoms with van der Waals surface area (Å²) in [6.07, 6.45) is 31.1. The highest BCUT2D eigenvalue weighted by molar-refractivity contribution is 5.94. The number of allylic oxidation sites excluding steroid dienone is 21. The molecule has 4 aromatic carbocycles. The lowest BCUT2D eigenvalue weighted by atomic mass is 9.90. The number of benzene rings is 4. The van der Waals surface area contributed by atoms with Crippen molar-refractivity contribution >= 4 is 32.7 Å². The molecular weight excluding hydrogens is 601 g/mol. The molecule has 0 aromatic heterocycles. The van der Waals surface area contributed by atoms with Crippen LogP contribution in [0.25, 0.3) is 32.7 Å². The summed E-state index contributed by atoms with van der Waals surface area (Å²) in [6, 6.07) is 30.5. The van der Waals surface area contributed by atoms with Crippen LogP contribution in [-0.4, -0.2) is 0 Å². The third kappa shape index (κ3) is 9.68. The fraction of sp³-hybridized carbons (Fsp3) is 0.120. The van der Waals surface area contributed by atoms with Crippen molar-refractivity contribution in [2.24, 2.45) is 0 Å². The second kappa shape index (κ2) is 19.3. The Morgan fingerprint density at radius 1 is 0.640 bits per heavy atom. The summed E-state index contributed by atoms with van der Waals surface area (Å²) in [6.45, 7) is 20.9. The Balaban J connectivity index is 0.00000276. The topological polar surface area (TPSA) is 0 Å². The minimum Gasteiger partial charge on any atom is -0.0988 e. The van der Waals surface area contributed by atoms with Crippen LogP contribution in [0.2, 0.25) is 0 Å². The summed E-state index contributed by atoms with van der Waals surface area (Å²) in [5.74, 6) is 0. The SMILES string of the molecule is C=C/C1=C(c2ccc3ccccc3c2)/C=C\C=C(/C)C(=C)/C=C(C=C)/C(/C=C\C)=C\C=C\C=C/C=C(\c2cccc3ccccc23)CC1.CC. The molecule has 0 spiro atoms. The molecule has 0 unspecified atom stereocenters. The van der Waals surface area contributed by atoms with Crippen LogP contribution in [0.4, 0.5) is 0 Å². The first-order valence-corrected chi connectivity index (χ1v) is 17.6. The Morgan fingerprint density at radius 2 is 1.34 bits per heavy atom. The zero-order valence-corrected chi connectivity index (χ0v) is 30.2. The molecule has 0 atom stereocenters. The van der Waals surface area contributed by atoms with Gasteiger partial charge in [-0.3, -0.25) is 0 Å². The fourth-order valence-corrected chi connectivity index (χ4v) is 6.02. The van der Waals surface area contributed by atoms with Crippen molar-refractivity contribution in [3.8, 4) is 0 Å². The highest BCUT2D eigenvalue weighted by Gasteiger charge is 2.11. The smallest absolute Gasteiger partial charge is 0.0109 e. The Bertz CT molecular complexity index is 2120. The van der Waals surface area contributed by atoms with Crippen molar-refractivity contribution in [2.45, 2.75) is 40.5 Å². The fourth-order valence-electron chi connectivity index (χ4n) is 6.02. The molecule has 0 radical (unpaired) electrons. The summed E-state index contributed by atoms with van der Waals surface area (Å²) >= 11 is 0. The molecule has 0 bridgehead atoms. The lowest BCUT2D eigenvalue weighted by Crippen LogP contribution is -1.93. The predicted molar refractivity (Wildman–Crippen MR) is 225 cm³/mol. The third-order valence-corrected chi connectivity index (χ3v) is 8.70. The maximum Gasteiger partial charge on any atom is -0.0109 e. The number of fused-ring (bicyclic) bond motifs is 2. The van der Waals surface area contributed by atoms with Crippen molar-refractivity contribution in [3.63, 3.8) is 0 Å². The van der Waals surface area contributed by atoms with E-state index < -0.39 is 0 Å². The van der Waals surface area contributed by atoms with Crippen LogP contribution in [0.15, 0.2) is 218 Å². The van der Waals surface area contributed by atoms with Crippen LogP contribution < -0.4 is 0 Å². The van der Waals surface area contributed by atoms with Crippen molar-refractivity contribution in [1.82, 2.24) is 0 Å². The molecule has 1 aliphatic carbocycles. The summed E-state index contributed by atoms with van der Waals surface area (Å²) in [4.78, 5) is 0. The molecule has 4 aromatic rings. The summed E-state index contributed by atoms with van der Waals surface area (Å²) in [5, 5.41) is 4.95. The molecule has 1 aliphatic rings. The summed E-state index contributed by atoms with van der Waals surface area (Å²) < 4.78 is 0. The maximum atomic E-state index is 4.39. The first kappa shape index (κ1) is 37.1. The standard InChI is InChI=1S/C48H44.C2H6/c1-6-19-40-21-11-9-10-12-23-43(48-29-18-26-42-24-15-16-27-47(42)48)32-30-38(7-2)46(28-17-20-36(4)37(5)34-39(40)8-3)45-33-31-41-22-13-14-25-44(41)35-45;1-2/h6-29,31,33-35H,2-3,5,30,32H2,1,4H3;1-2H3/b11-9+,12-10-,19-6-,28-17-,36-20+,39-34+,40-21-,43-23-,46-38+;. The van der Waals surface area contributed by atoms with Crippen LogP contribution in [-0.2, 0) is 0 Å². The molecule has 5 rings (SSSR count). The van der Waals surface area contributed by atoms with Gasteiger partial charge in [0.05, 0.1) is 0 Å². The Labute approximate surface area is 301 Å². The van der Waals surface area contributed by atoms with Gasteiger partial charge in [-0.2, -0.15) is 0 Å². The molecule has 0 fully saturated rings. The molecule has 0 heterocycles. The van der Waals surface area contributed by atoms with E-state index in [9.17, 15) is 0 Å². The summed E-state index contributed by atoms with van der Waals surface area (Å²) in [7, 11) is 0. The van der Waals surface area contributed by atoms with Crippen LogP contribution in [0.3, 0.4) is 0 Å². The minimum atomic E-state index is 0.838. The van der Waals surface area contributed by atoms with Crippen LogP contribution in [0.1, 0.15) is 51.7 Å². The predicted octanol–water partition coefficient (Wildman–Crippen LogP) is 14.6. The highest BCUT2D eigenvalue weighted by atomic mass is 14.2. The third-order valence-electron chi connectivity index (χ3n) is 8.70. The van der Waals surface area contributed by atoms with Gasteiger partial charge in [0.1, 0.15) is 0 Å². The monoisotopic (exact) mass is 650 g/mol. The van der Waals surface area contributed by atoms with Gasteiger partial charge in [-0.15, -0.1) is 0 Å². The molecule has 0 N–H and O–H groups in total. The van der Waals surface area contributed by atoms with Gasteiger partial charge in [-0.25, -0.2) is 0 Å². The molecule has 0 heteroatoms. The Morgan fingerprint density at radius 3 is 2.08 bits per heavy atom. The summed E-state index contributed by atoms with van der Waals surface area (Å²) in [5.41, 5.74) is 10.2. The average molecular weight is 651 g/mol. The minimum absolute atomic E-state index is 0.838. The molecule has 0 amide bonds. The molecule has 0 nitrogen and oxygen atoms in total. The zero-order valence-electron chi connectivity index (χ0n) is 30.2. The van der Waals surface area contributed by atoms with E-state index in [0.717, 1.165) is 35.1 Å². The molecule has 250 valence electrons. The van der Waals surface area contributed by atoms with Gasteiger partial charge in [0.25, 0.3) is 0 Å². The highest BCUT2D eigenvalue weighted by Crippen LogP contribution is 2.33. The largest absolute Gasteiger partial charge is 0.0988 e. The Hall–Kier alpha value is -5.72. The quantitative estimate of drug-likeness (QED) is 0.202. The average Bonchev–Trinajstić information content (AvgIpc) is 3.16. The van der Waals surface area contributed by atoms with Crippen LogP contribution >= 0.6 is 0 Å². The lowest BCUT2D eigenvalue weighted by molar-refractivity contribution is 1.03. The van der Waals surface area contributed by atoms with E-state index in [1.165, 1.54) is 49.4 Å². The van der Waals surface area contributed by atoms with E-state index in [-0.39, 0.29) is 0 Å². The van der Waals surface area contributed by atoms with Gasteiger partial charge in [0.2, 0.25) is 0 Å². The van der Waals surface area contributed by atoms with Gasteiger partial charge >= 0.3 is 0 Å². The van der Waals surface area contributed by atoms with E-state index >= 15 is 0 Å². The van der Waals surface area contributed by atoms with E-state index in [1.54, 1.807) is 0 Å². The van der Waals surface area contributed by atoms with E-state index in [2.05, 4.69) is 178 Å². The Kier molecular flexibility index (Phi) is 14.3. The van der Waals surface area contributed by atoms with Gasteiger partial charge in [-0.05, 0) is 111 Å². The molecule has 0 saturated carbocycles. The number of hydrogen-bond acceptors (Lipinski definition) is 0. The normalized spacial score (nSPS) is 22.4. The second-order valence-electron chi connectivity index (χ2n) is 11.9. The molecule has 0 saturated heterocycles. The van der Waals surface area contributed by atoms with Gasteiger partial charge < -0.3 is 0 Å². The molecular formula is C50H50. The van der Waals surface area contributed by atoms with E-state index in [0.29, 0.717) is 0 Å². The van der Waals surface area contributed by atoms with E-state index in [4.69, 9.17) is 0 Å². The molecule has 0 aliphatic heterocycles. The van der Waals surface area contributed by atoms with Crippen molar-refractivity contribution in [3.05, 3.63) is 229 Å². The van der Waals surface area contributed by atoms with Crippen LogP contribution in [0.5, 0.6) is 0 Å². The van der Waals surface area contributed by atoms with Crippen molar-refractivity contribution < 1.29 is 0 Å². The van der Waals surface area contributed by atoms with Crippen molar-refractivity contribution in [2.75, 3.05) is 0 Å². The first-order valence-electron chi connectivity index (χ1n) is 17.6. The number of rotatable bonds is 5. The molecule has 50 heavy (non-hydrogen) atoms. The van der Waals surface area contributed by atoms with Gasteiger partial charge in [-0.1, -0.05) is 191 Å². The van der Waals surface area contributed by atoms with E-state index in [1.807, 2.05) is 39.0 Å². The lowest BCUT2D eigenvalue weighted by Gasteiger charge is -2.15. The zero-order chi connectivity index (χ0) is 35.7. The first-order chi connectivity index (χ1) is 24.5. The van der Waals surface area contributed by atoms with Gasteiger partial charge in [0.15, 0.2) is 0 Å². The second-order valence-corrected chi connectivity index (χ2v) is 11.9.